The van der Waals surface area contributed by atoms with Crippen LogP contribution in [0.15, 0.2) is 0 Å². The normalized spacial score (nSPS) is 16.0. The van der Waals surface area contributed by atoms with E-state index in [0.29, 0.717) is 12.2 Å². The molecule has 0 aliphatic rings. The van der Waals surface area contributed by atoms with Crippen LogP contribution >= 0.6 is 0 Å². The Balaban J connectivity index is 4.08. The molecule has 0 N–H and O–H groups in total. The Morgan fingerprint density at radius 3 is 1.13 bits per heavy atom. The second-order valence-corrected chi connectivity index (χ2v) is 4.70. The zero-order chi connectivity index (χ0) is 11.8. The fraction of sp³-hybridized carbons (Fsp3) is 1.00. The molecule has 2 atom stereocenters. The summed E-state index contributed by atoms with van der Waals surface area (Å²) < 4.78 is 6.14. The van der Waals surface area contributed by atoms with Gasteiger partial charge in [0.25, 0.3) is 0 Å². The molecule has 0 radical (unpaired) electrons. The van der Waals surface area contributed by atoms with Crippen molar-refractivity contribution in [1.82, 2.24) is 0 Å². The molecule has 0 aromatic carbocycles. The molecule has 0 amide bonds. The van der Waals surface area contributed by atoms with E-state index in [1.165, 1.54) is 25.7 Å². The van der Waals surface area contributed by atoms with Crippen LogP contribution in [0.2, 0.25) is 0 Å². The predicted molar refractivity (Wildman–Crippen MR) is 68.2 cm³/mol. The van der Waals surface area contributed by atoms with E-state index >= 15 is 0 Å². The molecule has 0 saturated heterocycles. The monoisotopic (exact) mass is 214 g/mol. The molecule has 92 valence electrons. The SMILES string of the molecule is CCC(CC)C(C)OC(C)C(CC)CC. The largest absolute Gasteiger partial charge is 0.375 e. The van der Waals surface area contributed by atoms with Crippen molar-refractivity contribution in [2.24, 2.45) is 11.8 Å². The standard InChI is InChI=1S/C14H30O/c1-7-13(8-2)11(5)15-12(6)14(9-3)10-4/h11-14H,7-10H2,1-6H3. The Morgan fingerprint density at radius 1 is 0.667 bits per heavy atom. The second kappa shape index (κ2) is 8.15. The van der Waals surface area contributed by atoms with Gasteiger partial charge in [0.05, 0.1) is 12.2 Å². The zero-order valence-corrected chi connectivity index (χ0v) is 11.5. The lowest BCUT2D eigenvalue weighted by atomic mass is 9.95. The van der Waals surface area contributed by atoms with Gasteiger partial charge >= 0.3 is 0 Å². The van der Waals surface area contributed by atoms with Crippen molar-refractivity contribution in [3.8, 4) is 0 Å². The Morgan fingerprint density at radius 2 is 0.933 bits per heavy atom. The molecule has 15 heavy (non-hydrogen) atoms. The van der Waals surface area contributed by atoms with Crippen molar-refractivity contribution in [2.45, 2.75) is 79.4 Å². The van der Waals surface area contributed by atoms with Crippen LogP contribution in [0.1, 0.15) is 67.2 Å². The molecule has 0 heterocycles. The van der Waals surface area contributed by atoms with E-state index in [1.807, 2.05) is 0 Å². The number of rotatable bonds is 8. The lowest BCUT2D eigenvalue weighted by molar-refractivity contribution is -0.0533. The molecule has 1 nitrogen and oxygen atoms in total. The number of ether oxygens (including phenoxy) is 1. The lowest BCUT2D eigenvalue weighted by Gasteiger charge is -2.29. The van der Waals surface area contributed by atoms with Gasteiger partial charge < -0.3 is 4.74 Å². The summed E-state index contributed by atoms with van der Waals surface area (Å²) in [5.41, 5.74) is 0. The van der Waals surface area contributed by atoms with Gasteiger partial charge in [0.15, 0.2) is 0 Å². The zero-order valence-electron chi connectivity index (χ0n) is 11.5. The highest BCUT2D eigenvalue weighted by Gasteiger charge is 2.20. The molecule has 0 fully saturated rings. The fourth-order valence-electron chi connectivity index (χ4n) is 2.47. The van der Waals surface area contributed by atoms with E-state index in [4.69, 9.17) is 4.74 Å². The van der Waals surface area contributed by atoms with E-state index < -0.39 is 0 Å². The summed E-state index contributed by atoms with van der Waals surface area (Å²) in [5, 5.41) is 0. The highest BCUT2D eigenvalue weighted by molar-refractivity contribution is 4.69. The van der Waals surface area contributed by atoms with Crippen LogP contribution in [-0.2, 0) is 4.74 Å². The van der Waals surface area contributed by atoms with Crippen molar-refractivity contribution >= 4 is 0 Å². The summed E-state index contributed by atoms with van der Waals surface area (Å²) in [6.45, 7) is 13.5. The quantitative estimate of drug-likeness (QED) is 0.571. The van der Waals surface area contributed by atoms with Gasteiger partial charge in [-0.2, -0.15) is 0 Å². The topological polar surface area (TPSA) is 9.23 Å². The van der Waals surface area contributed by atoms with Crippen LogP contribution in [-0.4, -0.2) is 12.2 Å². The first-order valence-electron chi connectivity index (χ1n) is 6.75. The first kappa shape index (κ1) is 15.0. The molecule has 2 unspecified atom stereocenters. The summed E-state index contributed by atoms with van der Waals surface area (Å²) in [6, 6.07) is 0. The maximum absolute atomic E-state index is 6.14. The highest BCUT2D eigenvalue weighted by Crippen LogP contribution is 2.22. The molecule has 0 aliphatic heterocycles. The maximum Gasteiger partial charge on any atom is 0.0578 e. The smallest absolute Gasteiger partial charge is 0.0578 e. The van der Waals surface area contributed by atoms with E-state index in [0.717, 1.165) is 11.8 Å². The third kappa shape index (κ3) is 5.01. The third-order valence-corrected chi connectivity index (χ3v) is 3.85. The minimum Gasteiger partial charge on any atom is -0.375 e. The second-order valence-electron chi connectivity index (χ2n) is 4.70. The summed E-state index contributed by atoms with van der Waals surface area (Å²) in [4.78, 5) is 0. The molecule has 0 aliphatic carbocycles. The minimum absolute atomic E-state index is 0.413. The Hall–Kier alpha value is -0.0400. The molecule has 0 aromatic heterocycles. The average Bonchev–Trinajstić information content (AvgIpc) is 2.21. The van der Waals surface area contributed by atoms with Gasteiger partial charge in [-0.25, -0.2) is 0 Å². The third-order valence-electron chi connectivity index (χ3n) is 3.85. The number of hydrogen-bond acceptors (Lipinski definition) is 1. The van der Waals surface area contributed by atoms with Crippen LogP contribution < -0.4 is 0 Å². The van der Waals surface area contributed by atoms with Crippen LogP contribution in [0.5, 0.6) is 0 Å². The maximum atomic E-state index is 6.14. The van der Waals surface area contributed by atoms with Crippen LogP contribution in [0, 0.1) is 11.8 Å². The Labute approximate surface area is 96.6 Å². The Bertz CT molecular complexity index is 120. The molecule has 1 heteroatoms. The fourth-order valence-corrected chi connectivity index (χ4v) is 2.47. The first-order chi connectivity index (χ1) is 7.10. The van der Waals surface area contributed by atoms with E-state index in [2.05, 4.69) is 41.5 Å². The van der Waals surface area contributed by atoms with Crippen molar-refractivity contribution in [1.29, 1.82) is 0 Å². The predicted octanol–water partition coefficient (Wildman–Crippen LogP) is 4.65. The van der Waals surface area contributed by atoms with E-state index in [1.54, 1.807) is 0 Å². The lowest BCUT2D eigenvalue weighted by Crippen LogP contribution is -2.29. The van der Waals surface area contributed by atoms with Gasteiger partial charge in [0.1, 0.15) is 0 Å². The van der Waals surface area contributed by atoms with Gasteiger partial charge in [-0.3, -0.25) is 0 Å². The summed E-state index contributed by atoms with van der Waals surface area (Å²) >= 11 is 0. The van der Waals surface area contributed by atoms with E-state index in [-0.39, 0.29) is 0 Å². The van der Waals surface area contributed by atoms with Gasteiger partial charge in [0.2, 0.25) is 0 Å². The molecule has 0 bridgehead atoms. The average molecular weight is 214 g/mol. The van der Waals surface area contributed by atoms with Crippen LogP contribution in [0.3, 0.4) is 0 Å². The van der Waals surface area contributed by atoms with Crippen LogP contribution in [0.25, 0.3) is 0 Å². The van der Waals surface area contributed by atoms with Crippen molar-refractivity contribution < 1.29 is 4.74 Å². The van der Waals surface area contributed by atoms with Gasteiger partial charge in [-0.05, 0) is 25.7 Å². The van der Waals surface area contributed by atoms with Gasteiger partial charge in [-0.1, -0.05) is 53.4 Å². The van der Waals surface area contributed by atoms with Crippen LogP contribution in [0.4, 0.5) is 0 Å². The first-order valence-corrected chi connectivity index (χ1v) is 6.75. The summed E-state index contributed by atoms with van der Waals surface area (Å²) in [7, 11) is 0. The molecular weight excluding hydrogens is 184 g/mol. The molecular formula is C14H30O. The Kier molecular flexibility index (Phi) is 8.13. The van der Waals surface area contributed by atoms with Gasteiger partial charge in [0, 0.05) is 0 Å². The van der Waals surface area contributed by atoms with Crippen molar-refractivity contribution in [3.05, 3.63) is 0 Å². The molecule has 0 spiro atoms. The van der Waals surface area contributed by atoms with Crippen molar-refractivity contribution in [2.75, 3.05) is 0 Å². The molecule has 0 rings (SSSR count). The molecule has 0 aromatic rings. The summed E-state index contributed by atoms with van der Waals surface area (Å²) in [5.74, 6) is 1.45. The van der Waals surface area contributed by atoms with E-state index in [9.17, 15) is 0 Å². The van der Waals surface area contributed by atoms with Gasteiger partial charge in [-0.15, -0.1) is 0 Å². The highest BCUT2D eigenvalue weighted by atomic mass is 16.5. The molecule has 0 saturated carbocycles. The minimum atomic E-state index is 0.413. The summed E-state index contributed by atoms with van der Waals surface area (Å²) in [6.07, 6.45) is 5.74. The number of hydrogen-bond donors (Lipinski definition) is 0. The van der Waals surface area contributed by atoms with Crippen molar-refractivity contribution in [3.63, 3.8) is 0 Å².